The summed E-state index contributed by atoms with van der Waals surface area (Å²) < 4.78 is 32.4. The molecular formula is C44H73O12P. The first-order valence-electron chi connectivity index (χ1n) is 20.8. The van der Waals surface area contributed by atoms with E-state index in [-0.39, 0.29) is 25.7 Å². The number of hydrogen-bond donors (Lipinski definition) is 5. The number of phosphoric acid groups is 1. The number of ether oxygens (including phenoxy) is 2. The molecule has 0 rings (SSSR count). The van der Waals surface area contributed by atoms with Gasteiger partial charge < -0.3 is 34.8 Å². The molecule has 0 bridgehead atoms. The molecule has 1 unspecified atom stereocenters. The lowest BCUT2D eigenvalue weighted by Gasteiger charge is -2.20. The van der Waals surface area contributed by atoms with E-state index in [1.807, 2.05) is 6.08 Å². The summed E-state index contributed by atoms with van der Waals surface area (Å²) in [6.07, 6.45) is 37.5. The highest BCUT2D eigenvalue weighted by atomic mass is 31.2. The zero-order valence-electron chi connectivity index (χ0n) is 34.5. The second-order valence-electron chi connectivity index (χ2n) is 13.7. The largest absolute Gasteiger partial charge is 0.472 e. The highest BCUT2D eigenvalue weighted by Crippen LogP contribution is 2.43. The van der Waals surface area contributed by atoms with Crippen molar-refractivity contribution in [2.24, 2.45) is 0 Å². The van der Waals surface area contributed by atoms with E-state index >= 15 is 0 Å². The van der Waals surface area contributed by atoms with Gasteiger partial charge in [0.05, 0.1) is 32.0 Å². The number of allylic oxidation sites excluding steroid dienone is 11. The van der Waals surface area contributed by atoms with Crippen LogP contribution in [0.25, 0.3) is 0 Å². The van der Waals surface area contributed by atoms with Crippen LogP contribution in [0.1, 0.15) is 129 Å². The van der Waals surface area contributed by atoms with Crippen LogP contribution in [0.3, 0.4) is 0 Å². The number of esters is 2. The third kappa shape index (κ3) is 38.4. The number of carbonyl (C=O) groups is 2. The van der Waals surface area contributed by atoms with Gasteiger partial charge in [0.2, 0.25) is 0 Å². The fourth-order valence-corrected chi connectivity index (χ4v) is 5.69. The van der Waals surface area contributed by atoms with Crippen molar-refractivity contribution in [2.75, 3.05) is 26.4 Å². The van der Waals surface area contributed by atoms with E-state index < -0.39 is 70.6 Å². The van der Waals surface area contributed by atoms with Gasteiger partial charge in [-0.05, 0) is 77.0 Å². The Bertz CT molecular complexity index is 1260. The van der Waals surface area contributed by atoms with E-state index in [2.05, 4.69) is 60.9 Å². The number of aliphatic hydroxyl groups is 4. The summed E-state index contributed by atoms with van der Waals surface area (Å²) >= 11 is 0. The van der Waals surface area contributed by atoms with E-state index in [1.54, 1.807) is 36.5 Å². The molecule has 0 fully saturated rings. The number of unbranched alkanes of at least 4 members (excludes halogenated alkanes) is 8. The van der Waals surface area contributed by atoms with Crippen LogP contribution in [0.4, 0.5) is 0 Å². The minimum atomic E-state index is -4.70. The zero-order chi connectivity index (χ0) is 42.2. The molecule has 0 radical (unpaired) electrons. The minimum absolute atomic E-state index is 0.0890. The molecular weight excluding hydrogens is 751 g/mol. The van der Waals surface area contributed by atoms with Crippen LogP contribution in [0.2, 0.25) is 0 Å². The molecule has 5 atom stereocenters. The summed E-state index contributed by atoms with van der Waals surface area (Å²) in [6.45, 7) is 1.93. The maximum absolute atomic E-state index is 12.6. The Morgan fingerprint density at radius 3 is 1.74 bits per heavy atom. The number of rotatable bonds is 37. The zero-order valence-corrected chi connectivity index (χ0v) is 35.4. The van der Waals surface area contributed by atoms with E-state index in [1.165, 1.54) is 32.1 Å². The molecule has 0 aromatic rings. The topological polar surface area (TPSA) is 189 Å². The molecule has 5 N–H and O–H groups in total. The van der Waals surface area contributed by atoms with Crippen LogP contribution >= 0.6 is 7.82 Å². The van der Waals surface area contributed by atoms with Crippen molar-refractivity contribution < 1.29 is 58.0 Å². The molecule has 0 heterocycles. The lowest BCUT2D eigenvalue weighted by atomic mass is 10.1. The molecule has 0 amide bonds. The first-order chi connectivity index (χ1) is 27.5. The summed E-state index contributed by atoms with van der Waals surface area (Å²) in [5.41, 5.74) is 0. The van der Waals surface area contributed by atoms with Gasteiger partial charge >= 0.3 is 19.8 Å². The number of hydrogen-bond acceptors (Lipinski definition) is 11. The summed E-state index contributed by atoms with van der Waals surface area (Å²) in [6, 6.07) is 0. The van der Waals surface area contributed by atoms with Crippen molar-refractivity contribution in [1.82, 2.24) is 0 Å². The van der Waals surface area contributed by atoms with Gasteiger partial charge in [-0.1, -0.05) is 125 Å². The molecule has 0 spiro atoms. The average Bonchev–Trinajstić information content (AvgIpc) is 3.19. The normalized spacial score (nSPS) is 15.8. The molecule has 13 heteroatoms. The van der Waals surface area contributed by atoms with Gasteiger partial charge in [-0.3, -0.25) is 18.6 Å². The van der Waals surface area contributed by atoms with Crippen LogP contribution in [-0.4, -0.2) is 88.1 Å². The van der Waals surface area contributed by atoms with Gasteiger partial charge in [0, 0.05) is 12.8 Å². The monoisotopic (exact) mass is 824 g/mol. The number of phosphoric ester groups is 1. The van der Waals surface area contributed by atoms with Crippen molar-refractivity contribution in [1.29, 1.82) is 0 Å². The molecule has 0 saturated carbocycles. The third-order valence-electron chi connectivity index (χ3n) is 8.21. The van der Waals surface area contributed by atoms with E-state index in [0.717, 1.165) is 44.9 Å². The Hall–Kier alpha value is -2.93. The Kier molecular flexibility index (Phi) is 36.6. The van der Waals surface area contributed by atoms with Crippen molar-refractivity contribution >= 4 is 19.8 Å². The van der Waals surface area contributed by atoms with Crippen molar-refractivity contribution in [3.63, 3.8) is 0 Å². The second kappa shape index (κ2) is 38.6. The van der Waals surface area contributed by atoms with Gasteiger partial charge in [0.15, 0.2) is 6.10 Å². The lowest BCUT2D eigenvalue weighted by molar-refractivity contribution is -0.161. The van der Waals surface area contributed by atoms with Crippen LogP contribution in [0.15, 0.2) is 85.1 Å². The summed E-state index contributed by atoms with van der Waals surface area (Å²) in [5, 5.41) is 38.6. The molecule has 12 nitrogen and oxygen atoms in total. The molecule has 0 aromatic carbocycles. The molecule has 0 saturated heterocycles. The van der Waals surface area contributed by atoms with Gasteiger partial charge in [-0.15, -0.1) is 0 Å². The third-order valence-corrected chi connectivity index (χ3v) is 9.16. The van der Waals surface area contributed by atoms with Crippen LogP contribution < -0.4 is 0 Å². The van der Waals surface area contributed by atoms with E-state index in [9.17, 15) is 34.4 Å². The predicted molar refractivity (Wildman–Crippen MR) is 226 cm³/mol. The predicted octanol–water partition coefficient (Wildman–Crippen LogP) is 8.61. The maximum Gasteiger partial charge on any atom is 0.472 e. The molecule has 0 aromatic heterocycles. The standard InChI is InChI=1S/C44H73O12P/c1-3-5-7-9-11-12-13-14-15-16-17-18-19-21-27-33-43(49)53-37-42(38-55-57(51,52)54-36-41(48)35-45)56-44(50)34-28-32-40(47)31-26-23-22-25-30-39(46)29-24-20-10-8-6-4-2/h11-12,14-15,17-18,20,22-26,30-31,39-42,45-48H,3-10,13,16,19,21,27-29,32-38H2,1-2H3,(H,51,52)/b12-11-,15-14-,18-17-,23-22+,24-20-,30-25+,31-26-/t39-,40-,41-,42+/m0/s1. The summed E-state index contributed by atoms with van der Waals surface area (Å²) in [4.78, 5) is 34.9. The van der Waals surface area contributed by atoms with E-state index in [0.29, 0.717) is 12.8 Å². The minimum Gasteiger partial charge on any atom is -0.462 e. The fraction of sp³-hybridized carbons (Fsp3) is 0.636. The smallest absolute Gasteiger partial charge is 0.462 e. The first-order valence-corrected chi connectivity index (χ1v) is 22.3. The van der Waals surface area contributed by atoms with Crippen molar-refractivity contribution in [2.45, 2.75) is 154 Å². The number of aliphatic hydroxyl groups excluding tert-OH is 4. The van der Waals surface area contributed by atoms with Gasteiger partial charge in [0.25, 0.3) is 0 Å². The number of carbonyl (C=O) groups excluding carboxylic acids is 2. The van der Waals surface area contributed by atoms with Crippen LogP contribution in [-0.2, 0) is 32.7 Å². The Balaban J connectivity index is 4.69. The molecule has 326 valence electrons. The summed E-state index contributed by atoms with van der Waals surface area (Å²) in [5.74, 6) is -1.22. The maximum atomic E-state index is 12.6. The molecule has 0 aliphatic rings. The van der Waals surface area contributed by atoms with Crippen molar-refractivity contribution in [3.05, 3.63) is 85.1 Å². The molecule has 0 aliphatic heterocycles. The average molecular weight is 825 g/mol. The SMILES string of the molecule is CCCCC/C=C\C/C=C\C/C=C\CCCCC(=O)OC[C@H](COP(=O)(O)OC[C@@H](O)CO)OC(=O)CCC[C@@H](O)\C=C/C=C/C=C/[C@@H](O)C/C=C\CCCCC. The van der Waals surface area contributed by atoms with Gasteiger partial charge in [0.1, 0.15) is 12.7 Å². The fourth-order valence-electron chi connectivity index (χ4n) is 4.90. The Morgan fingerprint density at radius 1 is 0.614 bits per heavy atom. The Labute approximate surface area is 342 Å². The van der Waals surface area contributed by atoms with Crippen LogP contribution in [0.5, 0.6) is 0 Å². The van der Waals surface area contributed by atoms with Crippen LogP contribution in [0, 0.1) is 0 Å². The highest BCUT2D eigenvalue weighted by molar-refractivity contribution is 7.47. The van der Waals surface area contributed by atoms with E-state index in [4.69, 9.17) is 19.1 Å². The highest BCUT2D eigenvalue weighted by Gasteiger charge is 2.27. The van der Waals surface area contributed by atoms with Crippen molar-refractivity contribution in [3.8, 4) is 0 Å². The molecule has 57 heavy (non-hydrogen) atoms. The molecule has 0 aliphatic carbocycles. The second-order valence-corrected chi connectivity index (χ2v) is 15.2. The Morgan fingerprint density at radius 2 is 1.14 bits per heavy atom. The first kappa shape index (κ1) is 54.1. The van der Waals surface area contributed by atoms with Gasteiger partial charge in [-0.2, -0.15) is 0 Å². The quantitative estimate of drug-likeness (QED) is 0.0132. The lowest BCUT2D eigenvalue weighted by Crippen LogP contribution is -2.30. The van der Waals surface area contributed by atoms with Gasteiger partial charge in [-0.25, -0.2) is 4.57 Å². The summed E-state index contributed by atoms with van der Waals surface area (Å²) in [7, 11) is -4.70.